The van der Waals surface area contributed by atoms with E-state index in [1.165, 1.54) is 38.5 Å². The van der Waals surface area contributed by atoms with E-state index in [2.05, 4.69) is 29.5 Å². The van der Waals surface area contributed by atoms with Crippen molar-refractivity contribution in [2.24, 2.45) is 16.8 Å². The van der Waals surface area contributed by atoms with E-state index in [9.17, 15) is 0 Å². The summed E-state index contributed by atoms with van der Waals surface area (Å²) in [7, 11) is 1.86. The Kier molecular flexibility index (Phi) is 6.74. The van der Waals surface area contributed by atoms with Crippen LogP contribution in [0.1, 0.15) is 52.4 Å². The number of aliphatic imine (C=N–C) groups is 1. The van der Waals surface area contributed by atoms with Gasteiger partial charge in [-0.25, -0.2) is 0 Å². The predicted octanol–water partition coefficient (Wildman–Crippen LogP) is 3.15. The van der Waals surface area contributed by atoms with Gasteiger partial charge in [0.2, 0.25) is 0 Å². The average Bonchev–Trinajstić information content (AvgIpc) is 3.08. The van der Waals surface area contributed by atoms with Crippen molar-refractivity contribution in [3.8, 4) is 0 Å². The third-order valence-corrected chi connectivity index (χ3v) is 4.07. The molecule has 3 nitrogen and oxygen atoms in total. The molecule has 0 spiro atoms. The smallest absolute Gasteiger partial charge is 0.191 e. The standard InChI is InChI=1S/C14H27N3.HI/c1-10(2)16-14(15-3)17-13-9-12(13)11-7-5-4-6-8-11;/h10-13H,4-9H2,1-3H3,(H2,15,16,17);1H. The van der Waals surface area contributed by atoms with E-state index in [-0.39, 0.29) is 24.0 Å². The summed E-state index contributed by atoms with van der Waals surface area (Å²) in [4.78, 5) is 4.28. The first-order valence-electron chi connectivity index (χ1n) is 7.20. The highest BCUT2D eigenvalue weighted by Crippen LogP contribution is 2.44. The Morgan fingerprint density at radius 3 is 2.39 bits per heavy atom. The third kappa shape index (κ3) is 4.59. The summed E-state index contributed by atoms with van der Waals surface area (Å²) in [6.07, 6.45) is 8.62. The summed E-state index contributed by atoms with van der Waals surface area (Å²) < 4.78 is 0. The second kappa shape index (κ2) is 7.56. The summed E-state index contributed by atoms with van der Waals surface area (Å²) in [6, 6.07) is 1.14. The van der Waals surface area contributed by atoms with Gasteiger partial charge in [-0.2, -0.15) is 0 Å². The Morgan fingerprint density at radius 1 is 1.17 bits per heavy atom. The predicted molar refractivity (Wildman–Crippen MR) is 88.7 cm³/mol. The van der Waals surface area contributed by atoms with Gasteiger partial charge in [-0.3, -0.25) is 4.99 Å². The van der Waals surface area contributed by atoms with E-state index in [1.807, 2.05) is 7.05 Å². The minimum absolute atomic E-state index is 0. The summed E-state index contributed by atoms with van der Waals surface area (Å²) in [6.45, 7) is 4.30. The largest absolute Gasteiger partial charge is 0.354 e. The molecule has 0 aliphatic heterocycles. The van der Waals surface area contributed by atoms with Gasteiger partial charge < -0.3 is 10.6 Å². The highest BCUT2D eigenvalue weighted by Gasteiger charge is 2.43. The molecular formula is C14H28IN3. The molecule has 2 saturated carbocycles. The van der Waals surface area contributed by atoms with Crippen LogP contribution in [0.25, 0.3) is 0 Å². The summed E-state index contributed by atoms with van der Waals surface area (Å²) >= 11 is 0. The molecule has 18 heavy (non-hydrogen) atoms. The maximum absolute atomic E-state index is 4.28. The van der Waals surface area contributed by atoms with Crippen LogP contribution >= 0.6 is 24.0 Å². The zero-order valence-electron chi connectivity index (χ0n) is 11.9. The fourth-order valence-electron chi connectivity index (χ4n) is 3.08. The molecule has 2 aliphatic rings. The molecule has 0 amide bonds. The first-order valence-corrected chi connectivity index (χ1v) is 7.20. The Balaban J connectivity index is 0.00000162. The zero-order chi connectivity index (χ0) is 12.3. The number of hydrogen-bond acceptors (Lipinski definition) is 1. The van der Waals surface area contributed by atoms with E-state index in [1.54, 1.807) is 0 Å². The van der Waals surface area contributed by atoms with Crippen LogP contribution in [0.5, 0.6) is 0 Å². The highest BCUT2D eigenvalue weighted by atomic mass is 127. The van der Waals surface area contributed by atoms with Crippen molar-refractivity contribution in [1.82, 2.24) is 10.6 Å². The van der Waals surface area contributed by atoms with Crippen molar-refractivity contribution in [3.63, 3.8) is 0 Å². The number of halogens is 1. The Bertz CT molecular complexity index is 272. The van der Waals surface area contributed by atoms with Crippen LogP contribution < -0.4 is 10.6 Å². The fourth-order valence-corrected chi connectivity index (χ4v) is 3.08. The Labute approximate surface area is 129 Å². The monoisotopic (exact) mass is 365 g/mol. The lowest BCUT2D eigenvalue weighted by Crippen LogP contribution is -2.42. The molecule has 0 bridgehead atoms. The van der Waals surface area contributed by atoms with Gasteiger partial charge in [-0.1, -0.05) is 32.1 Å². The molecule has 2 atom stereocenters. The normalized spacial score (nSPS) is 28.8. The molecule has 106 valence electrons. The number of rotatable bonds is 3. The second-order valence-corrected chi connectivity index (χ2v) is 5.92. The van der Waals surface area contributed by atoms with Gasteiger partial charge in [0.05, 0.1) is 0 Å². The van der Waals surface area contributed by atoms with Crippen molar-refractivity contribution in [3.05, 3.63) is 0 Å². The molecule has 0 aromatic carbocycles. The third-order valence-electron chi connectivity index (χ3n) is 4.07. The molecule has 0 aromatic heterocycles. The van der Waals surface area contributed by atoms with Gasteiger partial charge in [-0.15, -0.1) is 24.0 Å². The van der Waals surface area contributed by atoms with Gasteiger partial charge >= 0.3 is 0 Å². The van der Waals surface area contributed by atoms with Gasteiger partial charge in [0, 0.05) is 19.1 Å². The SMILES string of the molecule is CN=C(NC(C)C)NC1CC1C1CCCCC1.I. The maximum Gasteiger partial charge on any atom is 0.191 e. The van der Waals surface area contributed by atoms with Gasteiger partial charge in [0.15, 0.2) is 5.96 Å². The summed E-state index contributed by atoms with van der Waals surface area (Å²) in [5, 5.41) is 6.92. The van der Waals surface area contributed by atoms with E-state index < -0.39 is 0 Å². The van der Waals surface area contributed by atoms with Crippen LogP contribution in [0.15, 0.2) is 4.99 Å². The number of nitrogens with one attached hydrogen (secondary N) is 2. The number of nitrogens with zero attached hydrogens (tertiary/aromatic N) is 1. The van der Waals surface area contributed by atoms with Crippen LogP contribution in [0, 0.1) is 11.8 Å². The van der Waals surface area contributed by atoms with Gasteiger partial charge in [-0.05, 0) is 32.1 Å². The van der Waals surface area contributed by atoms with Crippen LogP contribution in [-0.4, -0.2) is 25.1 Å². The Hall–Kier alpha value is 0. The fraction of sp³-hybridized carbons (Fsp3) is 0.929. The van der Waals surface area contributed by atoms with Crippen molar-refractivity contribution >= 4 is 29.9 Å². The van der Waals surface area contributed by atoms with E-state index >= 15 is 0 Å². The van der Waals surface area contributed by atoms with Crippen LogP contribution in [0.2, 0.25) is 0 Å². The molecule has 2 rings (SSSR count). The first-order chi connectivity index (χ1) is 8.20. The average molecular weight is 365 g/mol. The quantitative estimate of drug-likeness (QED) is 0.458. The molecule has 2 fully saturated rings. The zero-order valence-corrected chi connectivity index (χ0v) is 14.2. The van der Waals surface area contributed by atoms with Crippen molar-refractivity contribution < 1.29 is 0 Å². The summed E-state index contributed by atoms with van der Waals surface area (Å²) in [5.41, 5.74) is 0. The molecule has 2 N–H and O–H groups in total. The van der Waals surface area contributed by atoms with Crippen molar-refractivity contribution in [1.29, 1.82) is 0 Å². The molecule has 0 heterocycles. The molecule has 2 unspecified atom stereocenters. The minimum atomic E-state index is 0. The van der Waals surface area contributed by atoms with Crippen molar-refractivity contribution in [2.45, 2.75) is 64.5 Å². The maximum atomic E-state index is 4.28. The lowest BCUT2D eigenvalue weighted by atomic mass is 9.85. The molecule has 0 radical (unpaired) electrons. The number of guanidine groups is 1. The lowest BCUT2D eigenvalue weighted by Gasteiger charge is -2.22. The number of hydrogen-bond donors (Lipinski definition) is 2. The molecular weight excluding hydrogens is 337 g/mol. The summed E-state index contributed by atoms with van der Waals surface area (Å²) in [5.74, 6) is 2.88. The van der Waals surface area contributed by atoms with E-state index in [0.717, 1.165) is 17.8 Å². The molecule has 4 heteroatoms. The van der Waals surface area contributed by atoms with Crippen LogP contribution in [0.4, 0.5) is 0 Å². The molecule has 0 saturated heterocycles. The van der Waals surface area contributed by atoms with Crippen molar-refractivity contribution in [2.75, 3.05) is 7.05 Å². The van der Waals surface area contributed by atoms with Crippen LogP contribution in [-0.2, 0) is 0 Å². The van der Waals surface area contributed by atoms with E-state index in [4.69, 9.17) is 0 Å². The molecule has 0 aromatic rings. The first kappa shape index (κ1) is 16.1. The molecule has 2 aliphatic carbocycles. The van der Waals surface area contributed by atoms with Crippen LogP contribution in [0.3, 0.4) is 0 Å². The van der Waals surface area contributed by atoms with Gasteiger partial charge in [0.1, 0.15) is 0 Å². The topological polar surface area (TPSA) is 36.4 Å². The second-order valence-electron chi connectivity index (χ2n) is 5.92. The minimum Gasteiger partial charge on any atom is -0.354 e. The highest BCUT2D eigenvalue weighted by molar-refractivity contribution is 14.0. The lowest BCUT2D eigenvalue weighted by molar-refractivity contribution is 0.315. The van der Waals surface area contributed by atoms with Gasteiger partial charge in [0.25, 0.3) is 0 Å². The van der Waals surface area contributed by atoms with E-state index in [0.29, 0.717) is 12.1 Å². The Morgan fingerprint density at radius 2 is 1.83 bits per heavy atom.